The van der Waals surface area contributed by atoms with Crippen LogP contribution in [0, 0.1) is 10.1 Å². The van der Waals surface area contributed by atoms with Crippen LogP contribution in [0.5, 0.6) is 11.5 Å². The second-order valence-electron chi connectivity index (χ2n) is 3.12. The van der Waals surface area contributed by atoms with Crippen molar-refractivity contribution in [2.75, 3.05) is 14.2 Å². The fraction of sp³-hybridized carbons (Fsp3) is 0.300. The topological polar surface area (TPSA) is 99.9 Å². The summed E-state index contributed by atoms with van der Waals surface area (Å²) in [5.74, 6) is 0.587. The molecule has 18 heavy (non-hydrogen) atoms. The van der Waals surface area contributed by atoms with Crippen LogP contribution in [0.3, 0.4) is 0 Å². The van der Waals surface area contributed by atoms with E-state index in [1.165, 1.54) is 26.4 Å². The van der Waals surface area contributed by atoms with Crippen molar-refractivity contribution >= 4 is 12.1 Å². The molecule has 0 aliphatic carbocycles. The molecule has 1 aromatic carbocycles. The monoisotopic (exact) mass is 256 g/mol. The first-order valence-electron chi connectivity index (χ1n) is 4.84. The SMILES string of the molecule is COc1cc(CONC=O)c([N+](=O)[O-])cc1OC. The van der Waals surface area contributed by atoms with Crippen molar-refractivity contribution in [1.82, 2.24) is 5.48 Å². The van der Waals surface area contributed by atoms with E-state index in [0.29, 0.717) is 12.2 Å². The van der Waals surface area contributed by atoms with Crippen LogP contribution in [-0.2, 0) is 16.2 Å². The van der Waals surface area contributed by atoms with Crippen molar-refractivity contribution in [3.63, 3.8) is 0 Å². The average molecular weight is 256 g/mol. The van der Waals surface area contributed by atoms with Gasteiger partial charge in [0.1, 0.15) is 6.61 Å². The average Bonchev–Trinajstić information content (AvgIpc) is 2.38. The van der Waals surface area contributed by atoms with Gasteiger partial charge in [0.05, 0.1) is 30.8 Å². The van der Waals surface area contributed by atoms with Gasteiger partial charge in [0.2, 0.25) is 6.41 Å². The number of carbonyl (C=O) groups is 1. The third kappa shape index (κ3) is 3.08. The number of nitro groups is 1. The third-order valence-corrected chi connectivity index (χ3v) is 2.14. The van der Waals surface area contributed by atoms with Crippen LogP contribution in [0.25, 0.3) is 0 Å². The summed E-state index contributed by atoms with van der Waals surface area (Å²) in [6, 6.07) is 2.65. The Morgan fingerprint density at radius 3 is 2.44 bits per heavy atom. The van der Waals surface area contributed by atoms with E-state index in [1.54, 1.807) is 0 Å². The van der Waals surface area contributed by atoms with Gasteiger partial charge in [-0.15, -0.1) is 0 Å². The Morgan fingerprint density at radius 1 is 1.33 bits per heavy atom. The highest BCUT2D eigenvalue weighted by Crippen LogP contribution is 2.34. The number of nitrogens with one attached hydrogen (secondary N) is 1. The molecule has 0 aliphatic rings. The summed E-state index contributed by atoms with van der Waals surface area (Å²) < 4.78 is 9.99. The first kappa shape index (κ1) is 13.7. The number of hydrogen-bond donors (Lipinski definition) is 1. The zero-order chi connectivity index (χ0) is 13.5. The Balaban J connectivity index is 3.11. The molecule has 0 aliphatic heterocycles. The highest BCUT2D eigenvalue weighted by atomic mass is 16.6. The molecule has 1 amide bonds. The number of hydroxylamine groups is 1. The predicted molar refractivity (Wildman–Crippen MR) is 60.2 cm³/mol. The Morgan fingerprint density at radius 2 is 1.94 bits per heavy atom. The molecular weight excluding hydrogens is 244 g/mol. The molecule has 0 aromatic heterocycles. The first-order valence-corrected chi connectivity index (χ1v) is 4.84. The number of benzene rings is 1. The zero-order valence-electron chi connectivity index (χ0n) is 9.84. The van der Waals surface area contributed by atoms with Gasteiger partial charge in [0.15, 0.2) is 11.5 Å². The minimum atomic E-state index is -0.568. The number of amides is 1. The van der Waals surface area contributed by atoms with Gasteiger partial charge in [-0.1, -0.05) is 0 Å². The molecule has 0 heterocycles. The van der Waals surface area contributed by atoms with Crippen molar-refractivity contribution in [3.05, 3.63) is 27.8 Å². The third-order valence-electron chi connectivity index (χ3n) is 2.14. The summed E-state index contributed by atoms with van der Waals surface area (Å²) in [6.07, 6.45) is 0.326. The molecule has 0 fully saturated rings. The smallest absolute Gasteiger partial charge is 0.279 e. The van der Waals surface area contributed by atoms with Gasteiger partial charge in [0, 0.05) is 0 Å². The fourth-order valence-corrected chi connectivity index (χ4v) is 1.35. The molecule has 0 unspecified atom stereocenters. The number of methoxy groups -OCH3 is 2. The summed E-state index contributed by atoms with van der Waals surface area (Å²) in [4.78, 5) is 25.1. The Labute approximate surface area is 103 Å². The number of nitro benzene ring substituents is 1. The van der Waals surface area contributed by atoms with Crippen LogP contribution < -0.4 is 15.0 Å². The van der Waals surface area contributed by atoms with E-state index < -0.39 is 4.92 Å². The molecular formula is C10H12N2O6. The second-order valence-corrected chi connectivity index (χ2v) is 3.12. The van der Waals surface area contributed by atoms with Gasteiger partial charge in [-0.2, -0.15) is 0 Å². The molecule has 0 atom stereocenters. The van der Waals surface area contributed by atoms with E-state index in [4.69, 9.17) is 14.3 Å². The number of rotatable bonds is 7. The van der Waals surface area contributed by atoms with Crippen molar-refractivity contribution in [3.8, 4) is 11.5 Å². The Kier molecular flexibility index (Phi) is 4.88. The van der Waals surface area contributed by atoms with Gasteiger partial charge in [-0.3, -0.25) is 19.7 Å². The van der Waals surface area contributed by atoms with Gasteiger partial charge in [-0.25, -0.2) is 5.48 Å². The fourth-order valence-electron chi connectivity index (χ4n) is 1.35. The molecule has 0 saturated carbocycles. The highest BCUT2D eigenvalue weighted by molar-refractivity contribution is 5.54. The molecule has 1 rings (SSSR count). The first-order chi connectivity index (χ1) is 8.63. The highest BCUT2D eigenvalue weighted by Gasteiger charge is 2.19. The van der Waals surface area contributed by atoms with Gasteiger partial charge >= 0.3 is 0 Å². The number of nitrogens with zero attached hydrogens (tertiary/aromatic N) is 1. The molecule has 1 N–H and O–H groups in total. The van der Waals surface area contributed by atoms with E-state index in [-0.39, 0.29) is 23.6 Å². The van der Waals surface area contributed by atoms with Crippen LogP contribution in [0.15, 0.2) is 12.1 Å². The van der Waals surface area contributed by atoms with E-state index in [9.17, 15) is 14.9 Å². The number of ether oxygens (including phenoxy) is 2. The van der Waals surface area contributed by atoms with Gasteiger partial charge in [0.25, 0.3) is 5.69 Å². The van der Waals surface area contributed by atoms with E-state index in [2.05, 4.69) is 0 Å². The Hall–Kier alpha value is -2.35. The van der Waals surface area contributed by atoms with E-state index in [1.807, 2.05) is 5.48 Å². The van der Waals surface area contributed by atoms with Crippen LogP contribution >= 0.6 is 0 Å². The van der Waals surface area contributed by atoms with Crippen molar-refractivity contribution < 1.29 is 24.0 Å². The summed E-state index contributed by atoms with van der Waals surface area (Å²) in [6.45, 7) is -0.157. The lowest BCUT2D eigenvalue weighted by Gasteiger charge is -2.10. The largest absolute Gasteiger partial charge is 0.493 e. The maximum absolute atomic E-state index is 10.9. The summed E-state index contributed by atoms with van der Waals surface area (Å²) in [5, 5.41) is 10.9. The number of carbonyl (C=O) groups excluding carboxylic acids is 1. The van der Waals surface area contributed by atoms with E-state index >= 15 is 0 Å². The molecule has 8 nitrogen and oxygen atoms in total. The lowest BCUT2D eigenvalue weighted by atomic mass is 10.1. The molecule has 0 saturated heterocycles. The summed E-state index contributed by atoms with van der Waals surface area (Å²) in [5.41, 5.74) is 2.03. The maximum atomic E-state index is 10.9. The van der Waals surface area contributed by atoms with Gasteiger partial charge in [-0.05, 0) is 6.07 Å². The van der Waals surface area contributed by atoms with Crippen LogP contribution in [0.2, 0.25) is 0 Å². The number of hydrogen-bond acceptors (Lipinski definition) is 6. The quantitative estimate of drug-likeness (QED) is 0.335. The lowest BCUT2D eigenvalue weighted by Crippen LogP contribution is -2.12. The predicted octanol–water partition coefficient (Wildman–Crippen LogP) is 0.790. The minimum Gasteiger partial charge on any atom is -0.493 e. The molecule has 0 spiro atoms. The Bertz CT molecular complexity index is 448. The normalized spacial score (nSPS) is 9.67. The van der Waals surface area contributed by atoms with Crippen LogP contribution in [0.4, 0.5) is 5.69 Å². The van der Waals surface area contributed by atoms with Crippen molar-refractivity contribution in [2.24, 2.45) is 0 Å². The van der Waals surface area contributed by atoms with Crippen molar-refractivity contribution in [2.45, 2.75) is 6.61 Å². The van der Waals surface area contributed by atoms with Crippen LogP contribution in [-0.4, -0.2) is 25.6 Å². The zero-order valence-corrected chi connectivity index (χ0v) is 9.84. The van der Waals surface area contributed by atoms with Crippen LogP contribution in [0.1, 0.15) is 5.56 Å². The molecule has 0 bridgehead atoms. The molecule has 1 aromatic rings. The summed E-state index contributed by atoms with van der Waals surface area (Å²) in [7, 11) is 2.80. The van der Waals surface area contributed by atoms with Crippen molar-refractivity contribution in [1.29, 1.82) is 0 Å². The summed E-state index contributed by atoms with van der Waals surface area (Å²) >= 11 is 0. The molecule has 8 heteroatoms. The van der Waals surface area contributed by atoms with Gasteiger partial charge < -0.3 is 9.47 Å². The molecule has 98 valence electrons. The van der Waals surface area contributed by atoms with E-state index in [0.717, 1.165) is 0 Å². The minimum absolute atomic E-state index is 0.157. The second kappa shape index (κ2) is 6.40. The standard InChI is InChI=1S/C10H12N2O6/c1-16-9-3-7(5-18-11-6-13)8(12(14)15)4-10(9)17-2/h3-4,6H,5H2,1-2H3,(H,11,13). The molecule has 0 radical (unpaired) electrons. The lowest BCUT2D eigenvalue weighted by molar-refractivity contribution is -0.386. The maximum Gasteiger partial charge on any atom is 0.279 e.